The predicted octanol–water partition coefficient (Wildman–Crippen LogP) is 4.39. The average molecular weight is 329 g/mol. The Hall–Kier alpha value is -0.780. The number of alkyl halides is 1. The quantitative estimate of drug-likeness (QED) is 0.495. The molecule has 0 spiro atoms. The first-order chi connectivity index (χ1) is 9.68. The highest BCUT2D eigenvalue weighted by Crippen LogP contribution is 2.62. The maximum Gasteiger partial charge on any atom is 0.310 e. The van der Waals surface area contributed by atoms with Crippen LogP contribution in [0.1, 0.15) is 33.3 Å². The Morgan fingerprint density at radius 1 is 1.29 bits per heavy atom. The molecule has 0 heterocycles. The van der Waals surface area contributed by atoms with E-state index in [4.69, 9.17) is 16.1 Å². The topological polar surface area (TPSA) is 46.5 Å². The van der Waals surface area contributed by atoms with Crippen molar-refractivity contribution >= 4 is 19.0 Å². The Kier molecular flexibility index (Phi) is 6.08. The molecule has 0 saturated heterocycles. The van der Waals surface area contributed by atoms with Crippen LogP contribution in [0.15, 0.2) is 30.3 Å². The van der Waals surface area contributed by atoms with E-state index in [0.717, 1.165) is 0 Å². The van der Waals surface area contributed by atoms with Crippen LogP contribution in [0.5, 0.6) is 0 Å². The van der Waals surface area contributed by atoms with E-state index in [0.29, 0.717) is 5.56 Å². The van der Waals surface area contributed by atoms with Crippen molar-refractivity contribution in [3.05, 3.63) is 35.9 Å². The monoisotopic (exact) mass is 328 g/mol. The van der Waals surface area contributed by atoms with Crippen molar-refractivity contribution in [2.75, 3.05) is 12.5 Å². The van der Waals surface area contributed by atoms with E-state index in [1.807, 2.05) is 26.8 Å². The summed E-state index contributed by atoms with van der Waals surface area (Å²) in [7, 11) is -3.70. The van der Waals surface area contributed by atoms with Gasteiger partial charge in [-0.2, -0.15) is 0 Å². The zero-order valence-electron chi connectivity index (χ0n) is 12.9. The SMILES string of the molecule is CCO[P@](=O)(C#CC(C)(C)C)[C@@](O)(CCl)c1ccccc1. The van der Waals surface area contributed by atoms with E-state index in [2.05, 4.69) is 11.6 Å². The third-order valence-electron chi connectivity index (χ3n) is 2.80. The van der Waals surface area contributed by atoms with E-state index < -0.39 is 12.7 Å². The van der Waals surface area contributed by atoms with Gasteiger partial charge in [-0.15, -0.1) is 11.6 Å². The standard InChI is InChI=1S/C16H22ClO3P/c1-5-20-21(19,12-11-15(2,3)4)16(18,13-17)14-9-7-6-8-10-14/h6-10,18H,5,13H2,1-4H3/t16-,21+/m0/s1. The third kappa shape index (κ3) is 4.34. The van der Waals surface area contributed by atoms with Gasteiger partial charge in [0.15, 0.2) is 5.34 Å². The van der Waals surface area contributed by atoms with Crippen LogP contribution in [-0.2, 0) is 14.4 Å². The lowest BCUT2D eigenvalue weighted by Crippen LogP contribution is -2.28. The summed E-state index contributed by atoms with van der Waals surface area (Å²) < 4.78 is 18.6. The van der Waals surface area contributed by atoms with Crippen molar-refractivity contribution in [1.82, 2.24) is 0 Å². The normalized spacial score (nSPS) is 17.2. The first-order valence-corrected chi connectivity index (χ1v) is 8.97. The van der Waals surface area contributed by atoms with Gasteiger partial charge in [0.25, 0.3) is 0 Å². The molecule has 0 bridgehead atoms. The predicted molar refractivity (Wildman–Crippen MR) is 87.5 cm³/mol. The molecular weight excluding hydrogens is 307 g/mol. The van der Waals surface area contributed by atoms with Gasteiger partial charge >= 0.3 is 7.37 Å². The molecule has 3 nitrogen and oxygen atoms in total. The largest absolute Gasteiger partial charge is 0.373 e. The third-order valence-corrected chi connectivity index (χ3v) is 5.79. The van der Waals surface area contributed by atoms with Crippen LogP contribution in [0, 0.1) is 17.0 Å². The summed E-state index contributed by atoms with van der Waals surface area (Å²) in [4.78, 5) is 0. The maximum atomic E-state index is 13.2. The summed E-state index contributed by atoms with van der Waals surface area (Å²) >= 11 is 5.94. The molecule has 2 atom stereocenters. The highest BCUT2D eigenvalue weighted by molar-refractivity contribution is 7.65. The Labute approximate surface area is 132 Å². The van der Waals surface area contributed by atoms with Crippen LogP contribution in [0.4, 0.5) is 0 Å². The molecule has 0 radical (unpaired) electrons. The van der Waals surface area contributed by atoms with Gasteiger partial charge in [-0.05, 0) is 38.9 Å². The number of hydrogen-bond donors (Lipinski definition) is 1. The average Bonchev–Trinajstić information content (AvgIpc) is 2.44. The van der Waals surface area contributed by atoms with Gasteiger partial charge in [0, 0.05) is 5.41 Å². The lowest BCUT2D eigenvalue weighted by atomic mass is 9.99. The Bertz CT molecular complexity index is 569. The van der Waals surface area contributed by atoms with Crippen LogP contribution in [0.2, 0.25) is 0 Å². The van der Waals surface area contributed by atoms with Crippen molar-refractivity contribution in [2.24, 2.45) is 5.41 Å². The molecule has 0 aliphatic heterocycles. The van der Waals surface area contributed by atoms with E-state index in [9.17, 15) is 9.67 Å². The highest BCUT2D eigenvalue weighted by Gasteiger charge is 2.48. The van der Waals surface area contributed by atoms with Crippen molar-refractivity contribution in [2.45, 2.75) is 33.0 Å². The fourth-order valence-corrected chi connectivity index (χ4v) is 4.27. The molecule has 21 heavy (non-hydrogen) atoms. The second kappa shape index (κ2) is 6.99. The molecule has 0 fully saturated rings. The Balaban J connectivity index is 3.42. The van der Waals surface area contributed by atoms with Crippen molar-refractivity contribution in [3.8, 4) is 11.6 Å². The smallest absolute Gasteiger partial charge is 0.310 e. The summed E-state index contributed by atoms with van der Waals surface area (Å²) in [6.07, 6.45) is 0. The van der Waals surface area contributed by atoms with Crippen LogP contribution < -0.4 is 0 Å². The molecule has 1 aromatic rings. The van der Waals surface area contributed by atoms with Crippen molar-refractivity contribution < 1.29 is 14.2 Å². The molecule has 0 aliphatic carbocycles. The number of benzene rings is 1. The fraction of sp³-hybridized carbons (Fsp3) is 0.500. The summed E-state index contributed by atoms with van der Waals surface area (Å²) in [5.41, 5.74) is 2.77. The Morgan fingerprint density at radius 3 is 2.29 bits per heavy atom. The van der Waals surface area contributed by atoms with Crippen LogP contribution >= 0.6 is 19.0 Å². The molecule has 1 rings (SSSR count). The first kappa shape index (κ1) is 18.3. The van der Waals surface area contributed by atoms with Gasteiger partial charge in [-0.3, -0.25) is 4.57 Å². The number of hydrogen-bond acceptors (Lipinski definition) is 3. The molecule has 0 amide bonds. The molecule has 0 unspecified atom stereocenters. The Morgan fingerprint density at radius 2 is 1.86 bits per heavy atom. The zero-order chi connectivity index (χ0) is 16.1. The second-order valence-corrected chi connectivity index (χ2v) is 8.36. The summed E-state index contributed by atoms with van der Waals surface area (Å²) in [6.45, 7) is 7.60. The molecule has 0 aromatic heterocycles. The number of halogens is 1. The maximum absolute atomic E-state index is 13.2. The second-order valence-electron chi connectivity index (χ2n) is 5.77. The van der Waals surface area contributed by atoms with Crippen molar-refractivity contribution in [3.63, 3.8) is 0 Å². The van der Waals surface area contributed by atoms with E-state index in [1.165, 1.54) is 0 Å². The molecule has 1 N–H and O–H groups in total. The molecule has 1 aromatic carbocycles. The molecule has 0 aliphatic rings. The van der Waals surface area contributed by atoms with Crippen LogP contribution in [-0.4, -0.2) is 17.6 Å². The molecular formula is C16H22ClO3P. The minimum Gasteiger partial charge on any atom is -0.373 e. The lowest BCUT2D eigenvalue weighted by Gasteiger charge is -2.31. The zero-order valence-corrected chi connectivity index (χ0v) is 14.5. The fourth-order valence-electron chi connectivity index (χ4n) is 1.69. The lowest BCUT2D eigenvalue weighted by molar-refractivity contribution is 0.125. The van der Waals surface area contributed by atoms with Crippen LogP contribution in [0.25, 0.3) is 0 Å². The van der Waals surface area contributed by atoms with E-state index in [1.54, 1.807) is 31.2 Å². The minimum atomic E-state index is -3.70. The van der Waals surface area contributed by atoms with E-state index in [-0.39, 0.29) is 17.9 Å². The van der Waals surface area contributed by atoms with Gasteiger partial charge in [0.1, 0.15) is 0 Å². The van der Waals surface area contributed by atoms with Gasteiger partial charge in [-0.1, -0.05) is 36.3 Å². The van der Waals surface area contributed by atoms with Gasteiger partial charge in [-0.25, -0.2) is 0 Å². The van der Waals surface area contributed by atoms with Gasteiger partial charge in [0.2, 0.25) is 0 Å². The summed E-state index contributed by atoms with van der Waals surface area (Å²) in [5, 5.41) is 9.10. The minimum absolute atomic E-state index is 0.183. The highest BCUT2D eigenvalue weighted by atomic mass is 35.5. The van der Waals surface area contributed by atoms with E-state index >= 15 is 0 Å². The summed E-state index contributed by atoms with van der Waals surface area (Å²) in [6, 6.07) is 8.66. The number of aliphatic hydroxyl groups is 1. The number of rotatable bonds is 5. The van der Waals surface area contributed by atoms with Crippen molar-refractivity contribution in [1.29, 1.82) is 0 Å². The first-order valence-electron chi connectivity index (χ1n) is 6.81. The van der Waals surface area contributed by atoms with Crippen LogP contribution in [0.3, 0.4) is 0 Å². The molecule has 5 heteroatoms. The molecule has 0 saturated carbocycles. The van der Waals surface area contributed by atoms with Gasteiger partial charge in [0.05, 0.1) is 12.5 Å². The van der Waals surface area contributed by atoms with Gasteiger partial charge < -0.3 is 9.63 Å². The molecule has 116 valence electrons. The summed E-state index contributed by atoms with van der Waals surface area (Å²) in [5.74, 6) is 2.64.